The molecule has 0 aliphatic rings. The first-order valence-corrected chi connectivity index (χ1v) is 6.29. The van der Waals surface area contributed by atoms with E-state index in [0.717, 1.165) is 24.3 Å². The standard InChI is InChI=1S/C14H16F3NO4/c1-13(2,3)22-12(21)18-10(11(19)20)8-4-6-9(7-5-8)14(15,16)17/h4-7,10H,1-3H3,(H,18,21)(H,19,20)/t10-/m0/s1. The molecule has 0 fully saturated rings. The fourth-order valence-electron chi connectivity index (χ4n) is 1.58. The number of amides is 1. The SMILES string of the molecule is CC(C)(C)OC(=O)N[C@H](C(=O)O)c1ccc(C(F)(F)F)cc1. The summed E-state index contributed by atoms with van der Waals surface area (Å²) in [4.78, 5) is 22.8. The Bertz CT molecular complexity index is 547. The van der Waals surface area contributed by atoms with E-state index in [2.05, 4.69) is 5.32 Å². The van der Waals surface area contributed by atoms with Crippen molar-refractivity contribution < 1.29 is 32.6 Å². The lowest BCUT2D eigenvalue weighted by Crippen LogP contribution is -2.38. The number of benzene rings is 1. The molecule has 0 saturated heterocycles. The van der Waals surface area contributed by atoms with Gasteiger partial charge in [0.1, 0.15) is 5.60 Å². The van der Waals surface area contributed by atoms with Crippen LogP contribution in [-0.4, -0.2) is 22.8 Å². The molecule has 0 radical (unpaired) electrons. The summed E-state index contributed by atoms with van der Waals surface area (Å²) in [6.07, 6.45) is -5.49. The van der Waals surface area contributed by atoms with Gasteiger partial charge < -0.3 is 15.2 Å². The Balaban J connectivity index is 2.93. The van der Waals surface area contributed by atoms with E-state index < -0.39 is 35.4 Å². The second-order valence-corrected chi connectivity index (χ2v) is 5.54. The summed E-state index contributed by atoms with van der Waals surface area (Å²) in [6, 6.07) is 2.00. The number of carbonyl (C=O) groups is 2. The van der Waals surface area contributed by atoms with Crippen molar-refractivity contribution in [2.45, 2.75) is 38.6 Å². The molecule has 5 nitrogen and oxygen atoms in total. The number of nitrogens with one attached hydrogen (secondary N) is 1. The molecule has 0 unspecified atom stereocenters. The molecule has 22 heavy (non-hydrogen) atoms. The van der Waals surface area contributed by atoms with Crippen molar-refractivity contribution in [3.8, 4) is 0 Å². The predicted molar refractivity (Wildman–Crippen MR) is 71.2 cm³/mol. The van der Waals surface area contributed by atoms with Gasteiger partial charge in [0, 0.05) is 0 Å². The van der Waals surface area contributed by atoms with Crippen molar-refractivity contribution in [1.29, 1.82) is 0 Å². The van der Waals surface area contributed by atoms with Crippen LogP contribution >= 0.6 is 0 Å². The van der Waals surface area contributed by atoms with Gasteiger partial charge in [-0.2, -0.15) is 13.2 Å². The van der Waals surface area contributed by atoms with E-state index >= 15 is 0 Å². The van der Waals surface area contributed by atoms with Crippen LogP contribution in [0.2, 0.25) is 0 Å². The molecule has 0 aliphatic heterocycles. The van der Waals surface area contributed by atoms with Crippen molar-refractivity contribution in [2.75, 3.05) is 0 Å². The fourth-order valence-corrected chi connectivity index (χ4v) is 1.58. The number of ether oxygens (including phenoxy) is 1. The molecule has 0 aromatic heterocycles. The third-order valence-corrected chi connectivity index (χ3v) is 2.48. The number of carbonyl (C=O) groups excluding carboxylic acids is 1. The zero-order chi connectivity index (χ0) is 17.1. The summed E-state index contributed by atoms with van der Waals surface area (Å²) in [6.45, 7) is 4.79. The number of rotatable bonds is 3. The Labute approximate surface area is 125 Å². The lowest BCUT2D eigenvalue weighted by Gasteiger charge is -2.22. The third-order valence-electron chi connectivity index (χ3n) is 2.48. The largest absolute Gasteiger partial charge is 0.479 e. The lowest BCUT2D eigenvalue weighted by molar-refractivity contribution is -0.139. The second-order valence-electron chi connectivity index (χ2n) is 5.54. The van der Waals surface area contributed by atoms with E-state index in [1.54, 1.807) is 20.8 Å². The van der Waals surface area contributed by atoms with E-state index in [9.17, 15) is 22.8 Å². The van der Waals surface area contributed by atoms with Crippen LogP contribution in [0.25, 0.3) is 0 Å². The first kappa shape index (κ1) is 17.8. The van der Waals surface area contributed by atoms with Crippen molar-refractivity contribution in [3.05, 3.63) is 35.4 Å². The molecule has 2 N–H and O–H groups in total. The number of hydrogen-bond acceptors (Lipinski definition) is 3. The van der Waals surface area contributed by atoms with E-state index in [-0.39, 0.29) is 5.56 Å². The van der Waals surface area contributed by atoms with Crippen molar-refractivity contribution in [2.24, 2.45) is 0 Å². The molecule has 1 atom stereocenters. The molecule has 1 aromatic carbocycles. The molecule has 1 amide bonds. The molecule has 0 heterocycles. The van der Waals surface area contributed by atoms with Crippen LogP contribution in [-0.2, 0) is 15.7 Å². The number of carboxylic acids is 1. The zero-order valence-corrected chi connectivity index (χ0v) is 12.2. The van der Waals surface area contributed by atoms with Crippen LogP contribution < -0.4 is 5.32 Å². The molecular weight excluding hydrogens is 303 g/mol. The second kappa shape index (κ2) is 6.25. The maximum atomic E-state index is 12.5. The number of aliphatic carboxylic acids is 1. The minimum atomic E-state index is -4.52. The molecule has 8 heteroatoms. The molecular formula is C14H16F3NO4. The smallest absolute Gasteiger partial charge is 0.416 e. The molecule has 0 aliphatic carbocycles. The highest BCUT2D eigenvalue weighted by Crippen LogP contribution is 2.30. The van der Waals surface area contributed by atoms with Crippen LogP contribution in [0.3, 0.4) is 0 Å². The van der Waals surface area contributed by atoms with Gasteiger partial charge >= 0.3 is 18.2 Å². The van der Waals surface area contributed by atoms with Crippen LogP contribution in [0.4, 0.5) is 18.0 Å². The van der Waals surface area contributed by atoms with Gasteiger partial charge in [-0.15, -0.1) is 0 Å². The topological polar surface area (TPSA) is 75.6 Å². The fraction of sp³-hybridized carbons (Fsp3) is 0.429. The predicted octanol–water partition coefficient (Wildman–Crippen LogP) is 3.36. The van der Waals surface area contributed by atoms with Crippen LogP contribution in [0.15, 0.2) is 24.3 Å². The monoisotopic (exact) mass is 319 g/mol. The highest BCUT2D eigenvalue weighted by Gasteiger charge is 2.31. The molecule has 0 bridgehead atoms. The normalized spacial score (nSPS) is 13.4. The molecule has 1 rings (SSSR count). The van der Waals surface area contributed by atoms with Crippen molar-refractivity contribution >= 4 is 12.1 Å². The summed E-state index contributed by atoms with van der Waals surface area (Å²) >= 11 is 0. The molecule has 0 spiro atoms. The molecule has 1 aromatic rings. The maximum Gasteiger partial charge on any atom is 0.416 e. The van der Waals surface area contributed by atoms with Gasteiger partial charge in [0.15, 0.2) is 6.04 Å². The quantitative estimate of drug-likeness (QED) is 0.896. The van der Waals surface area contributed by atoms with Gasteiger partial charge in [-0.1, -0.05) is 12.1 Å². The summed E-state index contributed by atoms with van der Waals surface area (Å²) in [7, 11) is 0. The number of hydrogen-bond donors (Lipinski definition) is 2. The number of alkyl carbamates (subject to hydrolysis) is 1. The summed E-state index contributed by atoms with van der Waals surface area (Å²) in [5.41, 5.74) is -1.73. The van der Waals surface area contributed by atoms with Gasteiger partial charge in [-0.05, 0) is 38.5 Å². The van der Waals surface area contributed by atoms with Gasteiger partial charge in [0.05, 0.1) is 5.56 Å². The number of alkyl halides is 3. The van der Waals surface area contributed by atoms with Gasteiger partial charge in [0.25, 0.3) is 0 Å². The zero-order valence-electron chi connectivity index (χ0n) is 12.2. The highest BCUT2D eigenvalue weighted by molar-refractivity contribution is 5.81. The highest BCUT2D eigenvalue weighted by atomic mass is 19.4. The molecule has 122 valence electrons. The van der Waals surface area contributed by atoms with E-state index in [1.165, 1.54) is 0 Å². The summed E-state index contributed by atoms with van der Waals surface area (Å²) < 4.78 is 42.3. The summed E-state index contributed by atoms with van der Waals surface area (Å²) in [5, 5.41) is 11.2. The first-order chi connectivity index (χ1) is 9.90. The average molecular weight is 319 g/mol. The Morgan fingerprint density at radius 1 is 1.14 bits per heavy atom. The average Bonchev–Trinajstić information content (AvgIpc) is 2.32. The minimum absolute atomic E-state index is 0.00589. The van der Waals surface area contributed by atoms with E-state index in [0.29, 0.717) is 0 Å². The Morgan fingerprint density at radius 3 is 2.00 bits per heavy atom. The van der Waals surface area contributed by atoms with E-state index in [4.69, 9.17) is 9.84 Å². The lowest BCUT2D eigenvalue weighted by atomic mass is 10.0. The van der Waals surface area contributed by atoms with Crippen molar-refractivity contribution in [1.82, 2.24) is 5.32 Å². The Hall–Kier alpha value is -2.25. The third kappa shape index (κ3) is 5.27. The van der Waals surface area contributed by atoms with Gasteiger partial charge in [-0.25, -0.2) is 9.59 Å². The van der Waals surface area contributed by atoms with Gasteiger partial charge in [-0.3, -0.25) is 0 Å². The van der Waals surface area contributed by atoms with Gasteiger partial charge in [0.2, 0.25) is 0 Å². The van der Waals surface area contributed by atoms with Crippen molar-refractivity contribution in [3.63, 3.8) is 0 Å². The minimum Gasteiger partial charge on any atom is -0.479 e. The Kier molecular flexibility index (Phi) is 5.05. The van der Waals surface area contributed by atoms with Crippen LogP contribution in [0, 0.1) is 0 Å². The molecule has 0 saturated carbocycles. The van der Waals surface area contributed by atoms with Crippen LogP contribution in [0.1, 0.15) is 37.9 Å². The summed E-state index contributed by atoms with van der Waals surface area (Å²) in [5.74, 6) is -1.41. The Morgan fingerprint density at radius 2 is 1.64 bits per heavy atom. The number of carboxylic acid groups (broad SMARTS) is 1. The number of halogens is 3. The first-order valence-electron chi connectivity index (χ1n) is 6.29. The maximum absolute atomic E-state index is 12.5. The van der Waals surface area contributed by atoms with Crippen LogP contribution in [0.5, 0.6) is 0 Å². The van der Waals surface area contributed by atoms with E-state index in [1.807, 2.05) is 0 Å².